The van der Waals surface area contributed by atoms with Gasteiger partial charge in [-0.15, -0.1) is 0 Å². The van der Waals surface area contributed by atoms with Crippen LogP contribution in [0.15, 0.2) is 24.3 Å². The fourth-order valence-corrected chi connectivity index (χ4v) is 2.98. The van der Waals surface area contributed by atoms with Crippen molar-refractivity contribution in [1.29, 1.82) is 0 Å². The predicted molar refractivity (Wildman–Crippen MR) is 96.9 cm³/mol. The maximum atomic E-state index is 13.2. The molecule has 2 amide bonds. The number of anilines is 1. The first-order chi connectivity index (χ1) is 12.0. The van der Waals surface area contributed by atoms with Crippen LogP contribution < -0.4 is 10.8 Å². The van der Waals surface area contributed by atoms with Crippen molar-refractivity contribution in [2.75, 3.05) is 18.4 Å². The Morgan fingerprint density at radius 3 is 2.27 bits per heavy atom. The van der Waals surface area contributed by atoms with Gasteiger partial charge in [-0.25, -0.2) is 13.6 Å². The molecule has 2 saturated heterocycles. The number of halogens is 2. The molecular weight excluding hydrogens is 341 g/mol. The molecule has 0 aliphatic carbocycles. The minimum atomic E-state index is -2.67. The van der Waals surface area contributed by atoms with Gasteiger partial charge in [-0.1, -0.05) is 12.1 Å². The van der Waals surface area contributed by atoms with Crippen LogP contribution in [-0.2, 0) is 9.31 Å². The number of nitrogens with one attached hydrogen (secondary N) is 1. The van der Waals surface area contributed by atoms with Crippen molar-refractivity contribution in [3.63, 3.8) is 0 Å². The maximum Gasteiger partial charge on any atom is 0.494 e. The Morgan fingerprint density at radius 2 is 1.69 bits per heavy atom. The Labute approximate surface area is 153 Å². The maximum absolute atomic E-state index is 13.2. The van der Waals surface area contributed by atoms with Gasteiger partial charge < -0.3 is 19.5 Å². The van der Waals surface area contributed by atoms with Crippen LogP contribution in [0.2, 0.25) is 0 Å². The van der Waals surface area contributed by atoms with Gasteiger partial charge in [-0.3, -0.25) is 0 Å². The van der Waals surface area contributed by atoms with E-state index in [1.54, 1.807) is 18.2 Å². The molecule has 0 aromatic heterocycles. The van der Waals surface area contributed by atoms with Crippen LogP contribution in [0.3, 0.4) is 0 Å². The number of urea groups is 1. The van der Waals surface area contributed by atoms with Crippen molar-refractivity contribution >= 4 is 24.3 Å². The monoisotopic (exact) mass is 366 g/mol. The summed E-state index contributed by atoms with van der Waals surface area (Å²) in [5.41, 5.74) is 0.484. The fraction of sp³-hybridized carbons (Fsp3) is 0.611. The summed E-state index contributed by atoms with van der Waals surface area (Å²) in [6.07, 6.45) is -0.594. The number of carbonyl (C=O) groups is 1. The molecule has 8 heteroatoms. The van der Waals surface area contributed by atoms with E-state index in [0.29, 0.717) is 5.69 Å². The van der Waals surface area contributed by atoms with Crippen molar-refractivity contribution in [3.8, 4) is 0 Å². The first-order valence-electron chi connectivity index (χ1n) is 8.88. The van der Waals surface area contributed by atoms with Gasteiger partial charge in [0.15, 0.2) is 0 Å². The minimum absolute atomic E-state index is 0.0513. The number of hydrogen-bond donors (Lipinski definition) is 1. The standard InChI is InChI=1S/C18H25BF2N2O3/c1-16(2)17(3,4)26-19(25-16)13-6-5-7-14(12-13)22-15(24)23-10-8-18(20,21)9-11-23/h5-7,12H,8-11H2,1-4H3,(H,22,24). The average Bonchev–Trinajstić information content (AvgIpc) is 2.75. The van der Waals surface area contributed by atoms with Crippen LogP contribution >= 0.6 is 0 Å². The number of hydrogen-bond acceptors (Lipinski definition) is 3. The van der Waals surface area contributed by atoms with Gasteiger partial charge in [-0.05, 0) is 45.3 Å². The lowest BCUT2D eigenvalue weighted by Gasteiger charge is -2.32. The first kappa shape index (κ1) is 19.1. The van der Waals surface area contributed by atoms with Crippen molar-refractivity contribution in [3.05, 3.63) is 24.3 Å². The highest BCUT2D eigenvalue weighted by molar-refractivity contribution is 6.62. The van der Waals surface area contributed by atoms with E-state index in [1.807, 2.05) is 33.8 Å². The van der Waals surface area contributed by atoms with Crippen LogP contribution in [0.5, 0.6) is 0 Å². The zero-order valence-corrected chi connectivity index (χ0v) is 15.6. The molecule has 26 heavy (non-hydrogen) atoms. The second-order valence-electron chi connectivity index (χ2n) is 7.99. The van der Waals surface area contributed by atoms with Crippen LogP contribution in [-0.4, -0.2) is 48.3 Å². The Morgan fingerprint density at radius 1 is 1.12 bits per heavy atom. The third-order valence-corrected chi connectivity index (χ3v) is 5.45. The Kier molecular flexibility index (Phi) is 4.77. The lowest BCUT2D eigenvalue weighted by molar-refractivity contribution is -0.0461. The average molecular weight is 366 g/mol. The van der Waals surface area contributed by atoms with Gasteiger partial charge in [-0.2, -0.15) is 0 Å². The summed E-state index contributed by atoms with van der Waals surface area (Å²) in [5.74, 6) is -2.67. The lowest BCUT2D eigenvalue weighted by atomic mass is 9.79. The molecule has 142 valence electrons. The highest BCUT2D eigenvalue weighted by atomic mass is 19.3. The van der Waals surface area contributed by atoms with E-state index in [4.69, 9.17) is 9.31 Å². The van der Waals surface area contributed by atoms with Crippen molar-refractivity contribution in [2.45, 2.75) is 57.7 Å². The normalized spacial score (nSPS) is 23.8. The molecule has 2 aliphatic rings. The molecule has 0 bridgehead atoms. The summed E-state index contributed by atoms with van der Waals surface area (Å²) in [4.78, 5) is 13.7. The number of amides is 2. The summed E-state index contributed by atoms with van der Waals surface area (Å²) in [5, 5.41) is 2.78. The number of piperidine rings is 1. The van der Waals surface area contributed by atoms with Crippen molar-refractivity contribution in [1.82, 2.24) is 4.90 Å². The summed E-state index contributed by atoms with van der Waals surface area (Å²) < 4.78 is 38.5. The number of likely N-dealkylation sites (tertiary alicyclic amines) is 1. The van der Waals surface area contributed by atoms with Gasteiger partial charge in [0.05, 0.1) is 11.2 Å². The van der Waals surface area contributed by atoms with E-state index in [1.165, 1.54) is 4.90 Å². The van der Waals surface area contributed by atoms with Crippen LogP contribution in [0, 0.1) is 0 Å². The largest absolute Gasteiger partial charge is 0.494 e. The van der Waals surface area contributed by atoms with Gasteiger partial charge in [0.2, 0.25) is 0 Å². The van der Waals surface area contributed by atoms with Gasteiger partial charge in [0.25, 0.3) is 5.92 Å². The van der Waals surface area contributed by atoms with E-state index < -0.39 is 24.2 Å². The Bertz CT molecular complexity index is 671. The SMILES string of the molecule is CC1(C)OB(c2cccc(NC(=O)N3CCC(F)(F)CC3)c2)OC1(C)C. The van der Waals surface area contributed by atoms with E-state index in [-0.39, 0.29) is 32.0 Å². The van der Waals surface area contributed by atoms with Crippen molar-refractivity contribution in [2.24, 2.45) is 0 Å². The molecule has 0 unspecified atom stereocenters. The summed E-state index contributed by atoms with van der Waals surface area (Å²) >= 11 is 0. The molecule has 0 radical (unpaired) electrons. The van der Waals surface area contributed by atoms with Crippen LogP contribution in [0.1, 0.15) is 40.5 Å². The molecule has 2 heterocycles. The highest BCUT2D eigenvalue weighted by Crippen LogP contribution is 2.36. The molecule has 0 spiro atoms. The molecule has 0 saturated carbocycles. The summed E-state index contributed by atoms with van der Waals surface area (Å²) in [7, 11) is -0.523. The molecule has 3 rings (SSSR count). The van der Waals surface area contributed by atoms with E-state index in [2.05, 4.69) is 5.32 Å². The number of nitrogens with zero attached hydrogens (tertiary/aromatic N) is 1. The predicted octanol–water partition coefficient (Wildman–Crippen LogP) is 3.25. The lowest BCUT2D eigenvalue weighted by Crippen LogP contribution is -2.44. The van der Waals surface area contributed by atoms with Gasteiger partial charge in [0, 0.05) is 31.6 Å². The number of rotatable bonds is 2. The molecule has 0 atom stereocenters. The zero-order chi connectivity index (χ0) is 19.2. The fourth-order valence-electron chi connectivity index (χ4n) is 2.98. The Hall–Kier alpha value is -1.67. The highest BCUT2D eigenvalue weighted by Gasteiger charge is 2.51. The molecule has 1 N–H and O–H groups in total. The minimum Gasteiger partial charge on any atom is -0.399 e. The first-order valence-corrected chi connectivity index (χ1v) is 8.88. The summed E-state index contributed by atoms with van der Waals surface area (Å²) in [6, 6.07) is 6.86. The third kappa shape index (κ3) is 3.86. The number of carbonyl (C=O) groups excluding carboxylic acids is 1. The number of alkyl halides is 2. The molecular formula is C18H25BF2N2O3. The number of benzene rings is 1. The summed E-state index contributed by atoms with van der Waals surface area (Å²) in [6.45, 7) is 8.01. The van der Waals surface area contributed by atoms with Gasteiger partial charge in [0.1, 0.15) is 0 Å². The third-order valence-electron chi connectivity index (χ3n) is 5.45. The molecule has 1 aromatic rings. The topological polar surface area (TPSA) is 50.8 Å². The van der Waals surface area contributed by atoms with Gasteiger partial charge >= 0.3 is 13.1 Å². The van der Waals surface area contributed by atoms with E-state index in [0.717, 1.165) is 5.46 Å². The Balaban J connectivity index is 1.66. The van der Waals surface area contributed by atoms with Crippen LogP contribution in [0.25, 0.3) is 0 Å². The van der Waals surface area contributed by atoms with E-state index >= 15 is 0 Å². The molecule has 5 nitrogen and oxygen atoms in total. The van der Waals surface area contributed by atoms with Crippen molar-refractivity contribution < 1.29 is 22.9 Å². The zero-order valence-electron chi connectivity index (χ0n) is 15.6. The molecule has 2 aliphatic heterocycles. The van der Waals surface area contributed by atoms with E-state index in [9.17, 15) is 13.6 Å². The second kappa shape index (κ2) is 6.49. The molecule has 1 aromatic carbocycles. The smallest absolute Gasteiger partial charge is 0.399 e. The van der Waals surface area contributed by atoms with Crippen LogP contribution in [0.4, 0.5) is 19.3 Å². The second-order valence-corrected chi connectivity index (χ2v) is 7.99. The quantitative estimate of drug-likeness (QED) is 0.818. The molecule has 2 fully saturated rings.